The summed E-state index contributed by atoms with van der Waals surface area (Å²) in [6.45, 7) is 2.08. The van der Waals surface area contributed by atoms with Crippen molar-refractivity contribution in [2.75, 3.05) is 26.3 Å². The first-order valence-corrected chi connectivity index (χ1v) is 6.78. The smallest absolute Gasteiger partial charge is 0.465 e. The van der Waals surface area contributed by atoms with E-state index in [2.05, 4.69) is 5.32 Å². The molecule has 3 rings (SSSR count). The number of carboxylic acid groups (broad SMARTS) is 1. The van der Waals surface area contributed by atoms with Gasteiger partial charge >= 0.3 is 13.2 Å². The van der Waals surface area contributed by atoms with Crippen LogP contribution in [-0.4, -0.2) is 55.5 Å². The van der Waals surface area contributed by atoms with Gasteiger partial charge < -0.3 is 24.6 Å². The Labute approximate surface area is 117 Å². The van der Waals surface area contributed by atoms with Crippen LogP contribution in [0.2, 0.25) is 0 Å². The molecule has 2 heterocycles. The van der Waals surface area contributed by atoms with E-state index >= 15 is 0 Å². The van der Waals surface area contributed by atoms with Gasteiger partial charge in [-0.05, 0) is 5.56 Å². The lowest BCUT2D eigenvalue weighted by Crippen LogP contribution is -2.61. The first kappa shape index (κ1) is 13.4. The molecule has 2 unspecified atom stereocenters. The lowest BCUT2D eigenvalue weighted by Gasteiger charge is -2.41. The van der Waals surface area contributed by atoms with E-state index in [0.717, 1.165) is 5.56 Å². The van der Waals surface area contributed by atoms with Gasteiger partial charge in [0.05, 0.1) is 25.2 Å². The predicted molar refractivity (Wildman–Crippen MR) is 73.4 cm³/mol. The molecular weight excluding hydrogens is 259 g/mol. The molecule has 0 spiro atoms. The summed E-state index contributed by atoms with van der Waals surface area (Å²) >= 11 is 0. The maximum Gasteiger partial charge on any atom is 0.483 e. The summed E-state index contributed by atoms with van der Waals surface area (Å²) in [6.07, 6.45) is -0.934. The number of hydrogen-bond acceptors (Lipinski definition) is 4. The van der Waals surface area contributed by atoms with E-state index in [1.54, 1.807) is 0 Å². The second-order valence-corrected chi connectivity index (χ2v) is 4.92. The van der Waals surface area contributed by atoms with Gasteiger partial charge in [-0.15, -0.1) is 0 Å². The van der Waals surface area contributed by atoms with Gasteiger partial charge in [-0.25, -0.2) is 4.79 Å². The molecule has 106 valence electrons. The Balaban J connectivity index is 1.91. The number of nitrogens with zero attached hydrogens (tertiary/aromatic N) is 1. The van der Waals surface area contributed by atoms with Crippen LogP contribution < -0.4 is 5.32 Å². The van der Waals surface area contributed by atoms with Crippen molar-refractivity contribution in [2.24, 2.45) is 0 Å². The van der Waals surface area contributed by atoms with Gasteiger partial charge in [-0.2, -0.15) is 0 Å². The molecule has 0 bridgehead atoms. The molecule has 0 saturated carbocycles. The van der Waals surface area contributed by atoms with Crippen molar-refractivity contribution in [3.63, 3.8) is 0 Å². The van der Waals surface area contributed by atoms with Gasteiger partial charge in [0.2, 0.25) is 0 Å². The molecule has 6 nitrogen and oxygen atoms in total. The largest absolute Gasteiger partial charge is 0.483 e. The zero-order valence-electron chi connectivity index (χ0n) is 11.1. The first-order valence-electron chi connectivity index (χ1n) is 6.78. The molecule has 2 aliphatic rings. The van der Waals surface area contributed by atoms with Crippen LogP contribution >= 0.6 is 0 Å². The minimum Gasteiger partial charge on any atom is -0.465 e. The monoisotopic (exact) mass is 276 g/mol. The number of amides is 1. The Hall–Kier alpha value is -1.57. The number of piperazine rings is 1. The number of carbonyl (C=O) groups is 1. The second kappa shape index (κ2) is 5.82. The highest BCUT2D eigenvalue weighted by Crippen LogP contribution is 2.28. The average molecular weight is 276 g/mol. The molecule has 0 radical (unpaired) electrons. The van der Waals surface area contributed by atoms with Crippen LogP contribution in [0.5, 0.6) is 0 Å². The van der Waals surface area contributed by atoms with Crippen molar-refractivity contribution in [3.05, 3.63) is 35.9 Å². The minimum absolute atomic E-state index is 0.121. The zero-order chi connectivity index (χ0) is 13.9. The summed E-state index contributed by atoms with van der Waals surface area (Å²) in [6, 6.07) is 9.70. The molecule has 20 heavy (non-hydrogen) atoms. The van der Waals surface area contributed by atoms with E-state index in [1.165, 1.54) is 4.90 Å². The third-order valence-electron chi connectivity index (χ3n) is 3.75. The van der Waals surface area contributed by atoms with E-state index in [0.29, 0.717) is 26.3 Å². The normalized spacial score (nSPS) is 26.8. The molecule has 2 atom stereocenters. The third-order valence-corrected chi connectivity index (χ3v) is 3.75. The minimum atomic E-state index is -0.934. The highest BCUT2D eigenvalue weighted by molar-refractivity contribution is 6.47. The van der Waals surface area contributed by atoms with Gasteiger partial charge in [0, 0.05) is 13.1 Å². The van der Waals surface area contributed by atoms with Crippen LogP contribution in [0.25, 0.3) is 0 Å². The molecule has 0 aromatic heterocycles. The van der Waals surface area contributed by atoms with Crippen LogP contribution in [0.1, 0.15) is 11.6 Å². The van der Waals surface area contributed by atoms with Crippen LogP contribution in [0, 0.1) is 0 Å². The Morgan fingerprint density at radius 3 is 2.65 bits per heavy atom. The molecule has 2 aliphatic heterocycles. The van der Waals surface area contributed by atoms with Gasteiger partial charge in [0.15, 0.2) is 0 Å². The fourth-order valence-electron chi connectivity index (χ4n) is 2.87. The van der Waals surface area contributed by atoms with Crippen molar-refractivity contribution in [1.29, 1.82) is 0 Å². The van der Waals surface area contributed by atoms with Crippen molar-refractivity contribution >= 4 is 13.2 Å². The molecule has 7 heteroatoms. The fraction of sp³-hybridized carbons (Fsp3) is 0.462. The van der Waals surface area contributed by atoms with E-state index in [1.807, 2.05) is 30.3 Å². The summed E-state index contributed by atoms with van der Waals surface area (Å²) in [5.74, 6) is -0.369. The third kappa shape index (κ3) is 2.52. The molecule has 2 fully saturated rings. The van der Waals surface area contributed by atoms with Crippen LogP contribution in [0.3, 0.4) is 0 Å². The molecule has 0 aliphatic carbocycles. The van der Waals surface area contributed by atoms with E-state index in [4.69, 9.17) is 9.31 Å². The molecule has 2 N–H and O–H groups in total. The fourth-order valence-corrected chi connectivity index (χ4v) is 2.87. The number of rotatable bonds is 2. The average Bonchev–Trinajstić information content (AvgIpc) is 3.01. The predicted octanol–water partition coefficient (Wildman–Crippen LogP) is 0.754. The van der Waals surface area contributed by atoms with E-state index in [9.17, 15) is 9.90 Å². The Morgan fingerprint density at radius 2 is 2.00 bits per heavy atom. The molecule has 1 aromatic carbocycles. The number of hydrogen-bond donors (Lipinski definition) is 2. The molecule has 2 saturated heterocycles. The summed E-state index contributed by atoms with van der Waals surface area (Å²) in [5, 5.41) is 12.8. The molecule has 1 aromatic rings. The Morgan fingerprint density at radius 1 is 1.30 bits per heavy atom. The lowest BCUT2D eigenvalue weighted by atomic mass is 9.70. The summed E-state index contributed by atoms with van der Waals surface area (Å²) < 4.78 is 11.1. The highest BCUT2D eigenvalue weighted by atomic mass is 16.6. The van der Waals surface area contributed by atoms with Crippen LogP contribution in [0.15, 0.2) is 30.3 Å². The van der Waals surface area contributed by atoms with Crippen molar-refractivity contribution in [3.8, 4) is 0 Å². The zero-order valence-corrected chi connectivity index (χ0v) is 11.1. The van der Waals surface area contributed by atoms with E-state index < -0.39 is 13.2 Å². The van der Waals surface area contributed by atoms with Crippen molar-refractivity contribution < 1.29 is 19.2 Å². The number of nitrogens with one attached hydrogen (secondary N) is 1. The topological polar surface area (TPSA) is 71.0 Å². The van der Waals surface area contributed by atoms with E-state index in [-0.39, 0.29) is 12.0 Å². The Bertz CT molecular complexity index is 467. The standard InChI is InChI=1S/C13H17BN2O4/c17-13(18)16-7-6-15-11(10-4-2-1-3-5-10)12(16)14-19-8-9-20-14/h1-5,11-12,15H,6-9H2,(H,17,18). The van der Waals surface area contributed by atoms with Gasteiger partial charge in [-0.1, -0.05) is 30.3 Å². The summed E-state index contributed by atoms with van der Waals surface area (Å²) in [5.41, 5.74) is 1.04. The van der Waals surface area contributed by atoms with Crippen molar-refractivity contribution in [2.45, 2.75) is 12.0 Å². The van der Waals surface area contributed by atoms with Gasteiger partial charge in [0.25, 0.3) is 0 Å². The number of benzene rings is 1. The maximum atomic E-state index is 11.5. The summed E-state index contributed by atoms with van der Waals surface area (Å²) in [7, 11) is -0.510. The van der Waals surface area contributed by atoms with Crippen LogP contribution in [-0.2, 0) is 9.31 Å². The summed E-state index contributed by atoms with van der Waals surface area (Å²) in [4.78, 5) is 12.9. The lowest BCUT2D eigenvalue weighted by molar-refractivity contribution is 0.105. The first-order chi connectivity index (χ1) is 9.77. The quantitative estimate of drug-likeness (QED) is 0.780. The SMILES string of the molecule is O=C(O)N1CCNC(c2ccccc2)C1B1OCCO1. The molecule has 1 amide bonds. The highest BCUT2D eigenvalue weighted by Gasteiger charge is 2.47. The maximum absolute atomic E-state index is 11.5. The molecular formula is C13H17BN2O4. The Kier molecular flexibility index (Phi) is 3.91. The van der Waals surface area contributed by atoms with Crippen LogP contribution in [0.4, 0.5) is 4.79 Å². The van der Waals surface area contributed by atoms with Gasteiger partial charge in [-0.3, -0.25) is 0 Å². The second-order valence-electron chi connectivity index (χ2n) is 4.92. The van der Waals surface area contributed by atoms with Gasteiger partial charge in [0.1, 0.15) is 0 Å². The van der Waals surface area contributed by atoms with Crippen molar-refractivity contribution in [1.82, 2.24) is 10.2 Å².